The van der Waals surface area contributed by atoms with E-state index < -0.39 is 0 Å². The SMILES string of the molecule is CC(C)Oc1cc2ccccc2c2ccccc12. The molecule has 0 heterocycles. The number of fused-ring (bicyclic) bond motifs is 3. The minimum absolute atomic E-state index is 0.189. The lowest BCUT2D eigenvalue weighted by Gasteiger charge is -2.14. The molecule has 1 nitrogen and oxygen atoms in total. The molecule has 0 bridgehead atoms. The van der Waals surface area contributed by atoms with E-state index in [4.69, 9.17) is 4.74 Å². The second-order valence-corrected chi connectivity index (χ2v) is 4.81. The van der Waals surface area contributed by atoms with Crippen LogP contribution < -0.4 is 4.74 Å². The van der Waals surface area contributed by atoms with Crippen molar-refractivity contribution in [2.24, 2.45) is 0 Å². The summed E-state index contributed by atoms with van der Waals surface area (Å²) in [6, 6.07) is 19.0. The maximum atomic E-state index is 5.94. The van der Waals surface area contributed by atoms with E-state index in [-0.39, 0.29) is 6.10 Å². The van der Waals surface area contributed by atoms with Crippen LogP contribution in [-0.4, -0.2) is 6.10 Å². The molecular formula is C17H16O. The Morgan fingerprint density at radius 2 is 1.39 bits per heavy atom. The Hall–Kier alpha value is -2.02. The first-order chi connectivity index (χ1) is 8.75. The van der Waals surface area contributed by atoms with Gasteiger partial charge in [-0.15, -0.1) is 0 Å². The van der Waals surface area contributed by atoms with Crippen molar-refractivity contribution in [2.45, 2.75) is 20.0 Å². The van der Waals surface area contributed by atoms with Gasteiger partial charge < -0.3 is 4.74 Å². The number of hydrogen-bond acceptors (Lipinski definition) is 1. The molecule has 0 amide bonds. The lowest BCUT2D eigenvalue weighted by molar-refractivity contribution is 0.246. The van der Waals surface area contributed by atoms with Gasteiger partial charge in [0.15, 0.2) is 0 Å². The van der Waals surface area contributed by atoms with Crippen molar-refractivity contribution in [3.63, 3.8) is 0 Å². The van der Waals surface area contributed by atoms with Crippen molar-refractivity contribution in [1.29, 1.82) is 0 Å². The van der Waals surface area contributed by atoms with E-state index in [0.717, 1.165) is 5.75 Å². The van der Waals surface area contributed by atoms with Gasteiger partial charge in [-0.2, -0.15) is 0 Å². The Balaban J connectivity index is 2.39. The highest BCUT2D eigenvalue weighted by Gasteiger charge is 2.07. The van der Waals surface area contributed by atoms with Gasteiger partial charge in [0.25, 0.3) is 0 Å². The Labute approximate surface area is 107 Å². The maximum absolute atomic E-state index is 5.94. The molecule has 0 aliphatic heterocycles. The average Bonchev–Trinajstić information content (AvgIpc) is 2.38. The smallest absolute Gasteiger partial charge is 0.128 e. The molecule has 1 heteroatoms. The normalized spacial score (nSPS) is 11.3. The third-order valence-corrected chi connectivity index (χ3v) is 3.09. The number of ether oxygens (including phenoxy) is 1. The van der Waals surface area contributed by atoms with Crippen molar-refractivity contribution >= 4 is 21.5 Å². The summed E-state index contributed by atoms with van der Waals surface area (Å²) in [7, 11) is 0. The Bertz CT molecular complexity index is 698. The number of hydrogen-bond donors (Lipinski definition) is 0. The van der Waals surface area contributed by atoms with Crippen LogP contribution >= 0.6 is 0 Å². The molecule has 0 saturated heterocycles. The first kappa shape index (κ1) is 11.1. The molecule has 3 aromatic rings. The third-order valence-electron chi connectivity index (χ3n) is 3.09. The summed E-state index contributed by atoms with van der Waals surface area (Å²) >= 11 is 0. The first-order valence-electron chi connectivity index (χ1n) is 6.33. The minimum atomic E-state index is 0.189. The summed E-state index contributed by atoms with van der Waals surface area (Å²) in [6.07, 6.45) is 0.189. The molecule has 0 saturated carbocycles. The zero-order chi connectivity index (χ0) is 12.5. The van der Waals surface area contributed by atoms with Crippen LogP contribution in [0.5, 0.6) is 5.75 Å². The van der Waals surface area contributed by atoms with E-state index in [1.807, 2.05) is 0 Å². The number of rotatable bonds is 2. The second-order valence-electron chi connectivity index (χ2n) is 4.81. The van der Waals surface area contributed by atoms with E-state index in [1.54, 1.807) is 0 Å². The van der Waals surface area contributed by atoms with Crippen molar-refractivity contribution in [2.75, 3.05) is 0 Å². The first-order valence-corrected chi connectivity index (χ1v) is 6.33. The molecule has 90 valence electrons. The summed E-state index contributed by atoms with van der Waals surface area (Å²) in [5.41, 5.74) is 0. The summed E-state index contributed by atoms with van der Waals surface area (Å²) in [5, 5.41) is 4.95. The molecule has 0 atom stereocenters. The zero-order valence-corrected chi connectivity index (χ0v) is 10.7. The van der Waals surface area contributed by atoms with E-state index in [0.29, 0.717) is 0 Å². The minimum Gasteiger partial charge on any atom is -0.490 e. The molecule has 0 aliphatic carbocycles. The van der Waals surface area contributed by atoms with Gasteiger partial charge in [0.05, 0.1) is 6.10 Å². The van der Waals surface area contributed by atoms with Gasteiger partial charge in [-0.05, 0) is 36.1 Å². The van der Waals surface area contributed by atoms with Crippen LogP contribution in [0.15, 0.2) is 54.6 Å². The van der Waals surface area contributed by atoms with Gasteiger partial charge in [-0.25, -0.2) is 0 Å². The van der Waals surface area contributed by atoms with Crippen molar-refractivity contribution in [3.05, 3.63) is 54.6 Å². The van der Waals surface area contributed by atoms with Crippen LogP contribution in [0.1, 0.15) is 13.8 Å². The molecule has 18 heavy (non-hydrogen) atoms. The number of benzene rings is 3. The molecule has 0 aliphatic rings. The fraction of sp³-hybridized carbons (Fsp3) is 0.176. The van der Waals surface area contributed by atoms with Crippen LogP contribution in [0.2, 0.25) is 0 Å². The predicted octanol–water partition coefficient (Wildman–Crippen LogP) is 4.78. The third kappa shape index (κ3) is 1.82. The highest BCUT2D eigenvalue weighted by molar-refractivity contribution is 6.10. The van der Waals surface area contributed by atoms with E-state index >= 15 is 0 Å². The zero-order valence-electron chi connectivity index (χ0n) is 10.7. The lowest BCUT2D eigenvalue weighted by atomic mass is 10.0. The topological polar surface area (TPSA) is 9.23 Å². The molecule has 3 rings (SSSR count). The van der Waals surface area contributed by atoms with Gasteiger partial charge in [0, 0.05) is 5.39 Å². The summed E-state index contributed by atoms with van der Waals surface area (Å²) in [5.74, 6) is 0.972. The molecule has 0 N–H and O–H groups in total. The van der Waals surface area contributed by atoms with Crippen LogP contribution in [-0.2, 0) is 0 Å². The molecule has 0 aromatic heterocycles. The van der Waals surface area contributed by atoms with Crippen LogP contribution in [0.3, 0.4) is 0 Å². The fourth-order valence-corrected chi connectivity index (χ4v) is 2.37. The average molecular weight is 236 g/mol. The largest absolute Gasteiger partial charge is 0.490 e. The highest BCUT2D eigenvalue weighted by Crippen LogP contribution is 2.33. The van der Waals surface area contributed by atoms with Crippen molar-refractivity contribution in [1.82, 2.24) is 0 Å². The molecule has 3 aromatic carbocycles. The van der Waals surface area contributed by atoms with Crippen molar-refractivity contribution < 1.29 is 4.74 Å². The lowest BCUT2D eigenvalue weighted by Crippen LogP contribution is -2.05. The molecule has 0 unspecified atom stereocenters. The van der Waals surface area contributed by atoms with Gasteiger partial charge in [0.1, 0.15) is 5.75 Å². The molecule has 0 spiro atoms. The van der Waals surface area contributed by atoms with Gasteiger partial charge in [-0.3, -0.25) is 0 Å². The quantitative estimate of drug-likeness (QED) is 0.582. The van der Waals surface area contributed by atoms with Gasteiger partial charge >= 0.3 is 0 Å². The highest BCUT2D eigenvalue weighted by atomic mass is 16.5. The molecule has 0 fully saturated rings. The van der Waals surface area contributed by atoms with E-state index in [2.05, 4.69) is 68.4 Å². The van der Waals surface area contributed by atoms with Gasteiger partial charge in [-0.1, -0.05) is 48.5 Å². The Kier molecular flexibility index (Phi) is 2.67. The molecule has 0 radical (unpaired) electrons. The second kappa shape index (κ2) is 4.34. The summed E-state index contributed by atoms with van der Waals surface area (Å²) in [4.78, 5) is 0. The fourth-order valence-electron chi connectivity index (χ4n) is 2.37. The van der Waals surface area contributed by atoms with Crippen LogP contribution in [0, 0.1) is 0 Å². The summed E-state index contributed by atoms with van der Waals surface area (Å²) in [6.45, 7) is 4.12. The predicted molar refractivity (Wildman–Crippen MR) is 77.2 cm³/mol. The van der Waals surface area contributed by atoms with E-state index in [1.165, 1.54) is 21.5 Å². The standard InChI is InChI=1S/C17H16O/c1-12(2)18-17-11-13-7-3-4-8-14(13)15-9-5-6-10-16(15)17/h3-12H,1-2H3. The maximum Gasteiger partial charge on any atom is 0.128 e. The van der Waals surface area contributed by atoms with Crippen LogP contribution in [0.25, 0.3) is 21.5 Å². The Morgan fingerprint density at radius 1 is 0.778 bits per heavy atom. The summed E-state index contributed by atoms with van der Waals surface area (Å²) < 4.78 is 5.94. The Morgan fingerprint density at radius 3 is 2.11 bits per heavy atom. The monoisotopic (exact) mass is 236 g/mol. The van der Waals surface area contributed by atoms with Crippen LogP contribution in [0.4, 0.5) is 0 Å². The van der Waals surface area contributed by atoms with Gasteiger partial charge in [0.2, 0.25) is 0 Å². The van der Waals surface area contributed by atoms with E-state index in [9.17, 15) is 0 Å². The van der Waals surface area contributed by atoms with Crippen molar-refractivity contribution in [3.8, 4) is 5.75 Å². The molecular weight excluding hydrogens is 220 g/mol.